The molecule has 4 nitrogen and oxygen atoms in total. The van der Waals surface area contributed by atoms with Crippen LogP contribution in [-0.2, 0) is 14.6 Å². The summed E-state index contributed by atoms with van der Waals surface area (Å²) in [6, 6.07) is 0. The zero-order chi connectivity index (χ0) is 11.1. The average Bonchev–Trinajstić information content (AvgIpc) is 2.71. The van der Waals surface area contributed by atoms with Crippen molar-refractivity contribution in [2.45, 2.75) is 19.3 Å². The van der Waals surface area contributed by atoms with Crippen molar-refractivity contribution in [2.75, 3.05) is 18.6 Å². The minimum absolute atomic E-state index is 0.0400. The maximum Gasteiger partial charge on any atom is 0.223 e. The van der Waals surface area contributed by atoms with Crippen molar-refractivity contribution < 1.29 is 13.2 Å². The summed E-state index contributed by atoms with van der Waals surface area (Å²) in [5, 5.41) is 2.70. The lowest BCUT2D eigenvalue weighted by Gasteiger charge is -2.11. The van der Waals surface area contributed by atoms with Crippen LogP contribution in [0, 0.1) is 17.8 Å². The Kier molecular flexibility index (Phi) is 2.75. The topological polar surface area (TPSA) is 63.2 Å². The van der Waals surface area contributed by atoms with E-state index in [-0.39, 0.29) is 24.1 Å². The number of hydrogen-bond donors (Lipinski definition) is 1. The molecule has 0 saturated heterocycles. The smallest absolute Gasteiger partial charge is 0.223 e. The maximum absolute atomic E-state index is 11.6. The average molecular weight is 231 g/mol. The summed E-state index contributed by atoms with van der Waals surface area (Å²) in [6.45, 7) is 0.253. The van der Waals surface area contributed by atoms with Gasteiger partial charge in [-0.05, 0) is 31.1 Å². The highest BCUT2D eigenvalue weighted by atomic mass is 32.2. The minimum Gasteiger partial charge on any atom is -0.355 e. The fraction of sp³-hybridized carbons (Fsp3) is 0.900. The number of carbonyl (C=O) groups is 1. The molecular weight excluding hydrogens is 214 g/mol. The van der Waals surface area contributed by atoms with Gasteiger partial charge in [0.15, 0.2) is 0 Å². The Labute approximate surface area is 90.3 Å². The van der Waals surface area contributed by atoms with Gasteiger partial charge in [-0.2, -0.15) is 0 Å². The van der Waals surface area contributed by atoms with E-state index in [1.165, 1.54) is 12.7 Å². The maximum atomic E-state index is 11.6. The van der Waals surface area contributed by atoms with E-state index < -0.39 is 9.84 Å². The molecule has 2 atom stereocenters. The van der Waals surface area contributed by atoms with E-state index in [4.69, 9.17) is 0 Å². The predicted molar refractivity (Wildman–Crippen MR) is 57.0 cm³/mol. The molecule has 1 amide bonds. The highest BCUT2D eigenvalue weighted by Gasteiger charge is 2.47. The van der Waals surface area contributed by atoms with E-state index in [1.807, 2.05) is 0 Å². The first-order valence-corrected chi connectivity index (χ1v) is 7.47. The van der Waals surface area contributed by atoms with Crippen molar-refractivity contribution in [1.82, 2.24) is 5.32 Å². The molecule has 5 heteroatoms. The van der Waals surface area contributed by atoms with Crippen LogP contribution >= 0.6 is 0 Å². The van der Waals surface area contributed by atoms with Gasteiger partial charge in [-0.1, -0.05) is 0 Å². The molecule has 0 bridgehead atoms. The largest absolute Gasteiger partial charge is 0.355 e. The molecular formula is C10H17NO3S. The van der Waals surface area contributed by atoms with E-state index in [2.05, 4.69) is 5.32 Å². The van der Waals surface area contributed by atoms with Crippen LogP contribution in [0.25, 0.3) is 0 Å². The monoisotopic (exact) mass is 231 g/mol. The Hall–Kier alpha value is -0.580. The highest BCUT2D eigenvalue weighted by Crippen LogP contribution is 2.54. The normalized spacial score (nSPS) is 33.5. The van der Waals surface area contributed by atoms with E-state index >= 15 is 0 Å². The van der Waals surface area contributed by atoms with Crippen molar-refractivity contribution in [2.24, 2.45) is 17.8 Å². The summed E-state index contributed by atoms with van der Waals surface area (Å²) in [4.78, 5) is 11.6. The number of rotatable bonds is 4. The third-order valence-corrected chi connectivity index (χ3v) is 4.33. The second-order valence-corrected chi connectivity index (χ2v) is 7.10. The van der Waals surface area contributed by atoms with Crippen LogP contribution in [0.1, 0.15) is 19.3 Å². The Morgan fingerprint density at radius 3 is 2.40 bits per heavy atom. The first-order valence-electron chi connectivity index (χ1n) is 5.41. The van der Waals surface area contributed by atoms with Crippen LogP contribution in [-0.4, -0.2) is 32.9 Å². The molecule has 86 valence electrons. The molecule has 2 aliphatic carbocycles. The number of fused-ring (bicyclic) bond motifs is 1. The van der Waals surface area contributed by atoms with E-state index in [1.54, 1.807) is 0 Å². The fourth-order valence-corrected chi connectivity index (χ4v) is 2.91. The zero-order valence-electron chi connectivity index (χ0n) is 8.90. The van der Waals surface area contributed by atoms with Gasteiger partial charge in [0.05, 0.1) is 5.75 Å². The lowest BCUT2D eigenvalue weighted by molar-refractivity contribution is -0.124. The van der Waals surface area contributed by atoms with E-state index in [9.17, 15) is 13.2 Å². The van der Waals surface area contributed by atoms with Crippen molar-refractivity contribution in [1.29, 1.82) is 0 Å². The van der Waals surface area contributed by atoms with Gasteiger partial charge < -0.3 is 5.32 Å². The molecule has 2 rings (SSSR count). The second kappa shape index (κ2) is 3.77. The van der Waals surface area contributed by atoms with Gasteiger partial charge >= 0.3 is 0 Å². The van der Waals surface area contributed by atoms with E-state index in [0.717, 1.165) is 24.7 Å². The number of amides is 1. The third kappa shape index (κ3) is 2.93. The zero-order valence-corrected chi connectivity index (χ0v) is 9.72. The predicted octanol–water partition coefficient (Wildman–Crippen LogP) is 0.193. The van der Waals surface area contributed by atoms with Gasteiger partial charge in [-0.3, -0.25) is 4.79 Å². The summed E-state index contributed by atoms with van der Waals surface area (Å²) < 4.78 is 21.7. The molecule has 2 aliphatic rings. The summed E-state index contributed by atoms with van der Waals surface area (Å²) in [5.41, 5.74) is 0. The summed E-state index contributed by atoms with van der Waals surface area (Å²) in [5.74, 6) is 1.81. The molecule has 15 heavy (non-hydrogen) atoms. The van der Waals surface area contributed by atoms with E-state index in [0.29, 0.717) is 0 Å². The van der Waals surface area contributed by atoms with Crippen molar-refractivity contribution in [3.8, 4) is 0 Å². The second-order valence-electron chi connectivity index (χ2n) is 4.85. The van der Waals surface area contributed by atoms with Crippen LogP contribution in [0.2, 0.25) is 0 Å². The van der Waals surface area contributed by atoms with Gasteiger partial charge in [0.1, 0.15) is 9.84 Å². The number of nitrogens with one attached hydrogen (secondary N) is 1. The fourth-order valence-electron chi connectivity index (χ4n) is 2.43. The molecule has 0 aromatic rings. The van der Waals surface area contributed by atoms with Gasteiger partial charge in [-0.25, -0.2) is 8.42 Å². The third-order valence-electron chi connectivity index (χ3n) is 3.39. The number of hydrogen-bond acceptors (Lipinski definition) is 3. The lowest BCUT2D eigenvalue weighted by atomic mass is 10.0. The summed E-state index contributed by atoms with van der Waals surface area (Å²) >= 11 is 0. The van der Waals surface area contributed by atoms with Crippen LogP contribution in [0.4, 0.5) is 0 Å². The van der Waals surface area contributed by atoms with Crippen molar-refractivity contribution in [3.05, 3.63) is 0 Å². The highest BCUT2D eigenvalue weighted by molar-refractivity contribution is 7.90. The number of carbonyl (C=O) groups excluding carboxylic acids is 1. The van der Waals surface area contributed by atoms with Gasteiger partial charge in [0, 0.05) is 18.7 Å². The Morgan fingerprint density at radius 2 is 1.87 bits per heavy atom. The first kappa shape index (κ1) is 10.9. The molecule has 2 saturated carbocycles. The Morgan fingerprint density at radius 1 is 1.27 bits per heavy atom. The standard InChI is InChI=1S/C10H17NO3S/c1-15(13,14)3-2-11-10(12)9-5-7-4-8(7)6-9/h7-9H,2-6H2,1H3,(H,11,12). The number of sulfone groups is 1. The quantitative estimate of drug-likeness (QED) is 0.751. The SMILES string of the molecule is CS(=O)(=O)CCNC(=O)C1CC2CC2C1. The van der Waals surface area contributed by atoms with Crippen molar-refractivity contribution in [3.63, 3.8) is 0 Å². The molecule has 1 N–H and O–H groups in total. The van der Waals surface area contributed by atoms with Crippen molar-refractivity contribution >= 4 is 15.7 Å². The van der Waals surface area contributed by atoms with Gasteiger partial charge in [0.2, 0.25) is 5.91 Å². The summed E-state index contributed by atoms with van der Waals surface area (Å²) in [7, 11) is -2.96. The van der Waals surface area contributed by atoms with Crippen LogP contribution in [0.5, 0.6) is 0 Å². The van der Waals surface area contributed by atoms with Crippen LogP contribution in [0.3, 0.4) is 0 Å². The molecule has 0 heterocycles. The molecule has 2 unspecified atom stereocenters. The van der Waals surface area contributed by atoms with Gasteiger partial charge in [0.25, 0.3) is 0 Å². The Balaban J connectivity index is 1.69. The Bertz CT molecular complexity index is 353. The van der Waals surface area contributed by atoms with Gasteiger partial charge in [-0.15, -0.1) is 0 Å². The first-order chi connectivity index (χ1) is 6.96. The van der Waals surface area contributed by atoms with Crippen LogP contribution < -0.4 is 5.32 Å². The molecule has 0 aliphatic heterocycles. The molecule has 0 aromatic heterocycles. The lowest BCUT2D eigenvalue weighted by Crippen LogP contribution is -2.33. The molecule has 0 radical (unpaired) electrons. The summed E-state index contributed by atoms with van der Waals surface area (Å²) in [6.07, 6.45) is 4.50. The molecule has 0 aromatic carbocycles. The minimum atomic E-state index is -2.96. The molecule has 2 fully saturated rings. The van der Waals surface area contributed by atoms with Crippen LogP contribution in [0.15, 0.2) is 0 Å². The molecule has 0 spiro atoms.